The van der Waals surface area contributed by atoms with Crippen LogP contribution < -0.4 is 5.32 Å². The maximum atomic E-state index is 12.2. The normalized spacial score (nSPS) is 10.2. The Morgan fingerprint density at radius 2 is 1.91 bits per heavy atom. The highest BCUT2D eigenvalue weighted by atomic mass is 32.1. The van der Waals surface area contributed by atoms with Crippen LogP contribution in [-0.2, 0) is 11.3 Å². The van der Waals surface area contributed by atoms with Gasteiger partial charge in [0.2, 0.25) is 5.91 Å². The zero-order valence-corrected chi connectivity index (χ0v) is 13.4. The summed E-state index contributed by atoms with van der Waals surface area (Å²) in [5, 5.41) is 4.79. The summed E-state index contributed by atoms with van der Waals surface area (Å²) in [5.74, 6) is -0.0843. The number of benzene rings is 1. The lowest BCUT2D eigenvalue weighted by atomic mass is 10.2. The molecule has 0 atom stereocenters. The van der Waals surface area contributed by atoms with E-state index in [0.29, 0.717) is 31.6 Å². The third kappa shape index (κ3) is 4.70. The summed E-state index contributed by atoms with van der Waals surface area (Å²) in [6.45, 7) is 3.63. The number of nitrogens with zero attached hydrogens (tertiary/aromatic N) is 1. The van der Waals surface area contributed by atoms with Gasteiger partial charge >= 0.3 is 0 Å². The molecule has 0 radical (unpaired) electrons. The minimum absolute atomic E-state index is 0.0595. The lowest BCUT2D eigenvalue weighted by Crippen LogP contribution is -2.34. The summed E-state index contributed by atoms with van der Waals surface area (Å²) in [6, 6.07) is 13.0. The first-order chi connectivity index (χ1) is 10.7. The predicted octanol–water partition coefficient (Wildman–Crippen LogP) is 2.92. The van der Waals surface area contributed by atoms with Gasteiger partial charge in [0.25, 0.3) is 5.91 Å². The van der Waals surface area contributed by atoms with Crippen LogP contribution in [0.25, 0.3) is 0 Å². The molecule has 2 amide bonds. The number of amides is 2. The van der Waals surface area contributed by atoms with Crippen LogP contribution >= 0.6 is 11.3 Å². The van der Waals surface area contributed by atoms with Crippen LogP contribution in [0.3, 0.4) is 0 Å². The minimum Gasteiger partial charge on any atom is -0.352 e. The lowest BCUT2D eigenvalue weighted by molar-refractivity contribution is -0.131. The van der Waals surface area contributed by atoms with E-state index in [1.54, 1.807) is 28.4 Å². The summed E-state index contributed by atoms with van der Waals surface area (Å²) in [4.78, 5) is 27.1. The van der Waals surface area contributed by atoms with Crippen LogP contribution in [0.5, 0.6) is 0 Å². The average Bonchev–Trinajstić information content (AvgIpc) is 3.06. The molecule has 116 valence electrons. The van der Waals surface area contributed by atoms with Crippen LogP contribution in [0.2, 0.25) is 0 Å². The van der Waals surface area contributed by atoms with Crippen molar-refractivity contribution in [2.75, 3.05) is 13.1 Å². The van der Waals surface area contributed by atoms with E-state index in [0.717, 1.165) is 0 Å². The molecule has 0 aliphatic rings. The highest BCUT2D eigenvalue weighted by Gasteiger charge is 2.13. The van der Waals surface area contributed by atoms with E-state index in [2.05, 4.69) is 5.32 Å². The Hall–Kier alpha value is -2.14. The van der Waals surface area contributed by atoms with Crippen molar-refractivity contribution >= 4 is 23.2 Å². The Morgan fingerprint density at radius 1 is 1.14 bits per heavy atom. The van der Waals surface area contributed by atoms with Crippen molar-refractivity contribution in [3.05, 3.63) is 58.3 Å². The zero-order chi connectivity index (χ0) is 15.8. The molecule has 5 heteroatoms. The molecule has 1 N–H and O–H groups in total. The van der Waals surface area contributed by atoms with Gasteiger partial charge in [0.05, 0.1) is 6.54 Å². The highest BCUT2D eigenvalue weighted by Crippen LogP contribution is 2.12. The van der Waals surface area contributed by atoms with Crippen molar-refractivity contribution in [2.24, 2.45) is 0 Å². The molecule has 0 bridgehead atoms. The third-order valence-corrected chi connectivity index (χ3v) is 4.18. The first kappa shape index (κ1) is 16.2. The fourth-order valence-electron chi connectivity index (χ4n) is 2.10. The van der Waals surface area contributed by atoms with Gasteiger partial charge in [-0.2, -0.15) is 0 Å². The summed E-state index contributed by atoms with van der Waals surface area (Å²) >= 11 is 1.65. The second-order valence-electron chi connectivity index (χ2n) is 4.86. The first-order valence-corrected chi connectivity index (χ1v) is 8.22. The number of rotatable bonds is 7. The quantitative estimate of drug-likeness (QED) is 0.854. The molecule has 0 aliphatic heterocycles. The maximum Gasteiger partial charge on any atom is 0.251 e. The molecular weight excluding hydrogens is 296 g/mol. The molecule has 2 aromatic rings. The standard InChI is InChI=1S/C17H20N2O2S/c1-2-19(13-15-9-6-12-22-15)16(20)10-11-18-17(21)14-7-4-3-5-8-14/h3-9,12H,2,10-11,13H2,1H3,(H,18,21). The number of carbonyl (C=O) groups excluding carboxylic acids is 2. The summed E-state index contributed by atoms with van der Waals surface area (Å²) in [7, 11) is 0. The highest BCUT2D eigenvalue weighted by molar-refractivity contribution is 7.09. The molecule has 22 heavy (non-hydrogen) atoms. The van der Waals surface area contributed by atoms with E-state index < -0.39 is 0 Å². The van der Waals surface area contributed by atoms with E-state index in [4.69, 9.17) is 0 Å². The van der Waals surface area contributed by atoms with Gasteiger partial charge in [-0.3, -0.25) is 9.59 Å². The predicted molar refractivity (Wildman–Crippen MR) is 88.8 cm³/mol. The Bertz CT molecular complexity index is 596. The van der Waals surface area contributed by atoms with Gasteiger partial charge in [0, 0.05) is 30.0 Å². The van der Waals surface area contributed by atoms with E-state index in [-0.39, 0.29) is 11.8 Å². The van der Waals surface area contributed by atoms with Gasteiger partial charge in [-0.1, -0.05) is 24.3 Å². The third-order valence-electron chi connectivity index (χ3n) is 3.32. The number of thiophene rings is 1. The van der Waals surface area contributed by atoms with Crippen LogP contribution in [0.1, 0.15) is 28.6 Å². The first-order valence-electron chi connectivity index (χ1n) is 7.34. The largest absolute Gasteiger partial charge is 0.352 e. The van der Waals surface area contributed by atoms with Crippen LogP contribution in [0.15, 0.2) is 47.8 Å². The molecule has 1 aromatic heterocycles. The monoisotopic (exact) mass is 316 g/mol. The second kappa shape index (κ2) is 8.34. The van der Waals surface area contributed by atoms with E-state index in [1.165, 1.54) is 4.88 Å². The molecule has 0 fully saturated rings. The number of hydrogen-bond donors (Lipinski definition) is 1. The van der Waals surface area contributed by atoms with E-state index in [9.17, 15) is 9.59 Å². The SMILES string of the molecule is CCN(Cc1cccs1)C(=O)CCNC(=O)c1ccccc1. The van der Waals surface area contributed by atoms with Gasteiger partial charge < -0.3 is 10.2 Å². The molecule has 0 unspecified atom stereocenters. The molecular formula is C17H20N2O2S. The summed E-state index contributed by atoms with van der Waals surface area (Å²) < 4.78 is 0. The van der Waals surface area contributed by atoms with Gasteiger partial charge in [0.1, 0.15) is 0 Å². The molecule has 1 aromatic carbocycles. The van der Waals surface area contributed by atoms with Crippen LogP contribution in [0.4, 0.5) is 0 Å². The lowest BCUT2D eigenvalue weighted by Gasteiger charge is -2.20. The fourth-order valence-corrected chi connectivity index (χ4v) is 2.82. The molecule has 4 nitrogen and oxygen atoms in total. The molecule has 2 rings (SSSR count). The zero-order valence-electron chi connectivity index (χ0n) is 12.6. The molecule has 0 spiro atoms. The Balaban J connectivity index is 1.78. The van der Waals surface area contributed by atoms with E-state index in [1.807, 2.05) is 42.6 Å². The Morgan fingerprint density at radius 3 is 2.55 bits per heavy atom. The maximum absolute atomic E-state index is 12.2. The van der Waals surface area contributed by atoms with Crippen molar-refractivity contribution in [3.63, 3.8) is 0 Å². The number of hydrogen-bond acceptors (Lipinski definition) is 3. The van der Waals surface area contributed by atoms with Crippen molar-refractivity contribution in [2.45, 2.75) is 19.9 Å². The second-order valence-corrected chi connectivity index (χ2v) is 5.89. The fraction of sp³-hybridized carbons (Fsp3) is 0.294. The van der Waals surface area contributed by atoms with Crippen molar-refractivity contribution in [1.82, 2.24) is 10.2 Å². The average molecular weight is 316 g/mol. The number of nitrogens with one attached hydrogen (secondary N) is 1. The van der Waals surface area contributed by atoms with Gasteiger partial charge in [0.15, 0.2) is 0 Å². The van der Waals surface area contributed by atoms with Crippen molar-refractivity contribution in [3.8, 4) is 0 Å². The summed E-state index contributed by atoms with van der Waals surface area (Å²) in [5.41, 5.74) is 0.612. The minimum atomic E-state index is -0.144. The summed E-state index contributed by atoms with van der Waals surface area (Å²) in [6.07, 6.45) is 0.317. The molecule has 0 saturated carbocycles. The Labute approximate surface area is 134 Å². The van der Waals surface area contributed by atoms with E-state index >= 15 is 0 Å². The molecule has 1 heterocycles. The topological polar surface area (TPSA) is 49.4 Å². The Kier molecular flexibility index (Phi) is 6.15. The van der Waals surface area contributed by atoms with Gasteiger partial charge in [-0.05, 0) is 30.5 Å². The van der Waals surface area contributed by atoms with Gasteiger partial charge in [-0.25, -0.2) is 0 Å². The number of carbonyl (C=O) groups is 2. The molecule has 0 aliphatic carbocycles. The molecule has 0 saturated heterocycles. The van der Waals surface area contributed by atoms with Crippen LogP contribution in [0, 0.1) is 0 Å². The van der Waals surface area contributed by atoms with Crippen LogP contribution in [-0.4, -0.2) is 29.8 Å². The van der Waals surface area contributed by atoms with Crippen molar-refractivity contribution < 1.29 is 9.59 Å². The smallest absolute Gasteiger partial charge is 0.251 e. The van der Waals surface area contributed by atoms with Gasteiger partial charge in [-0.15, -0.1) is 11.3 Å². The van der Waals surface area contributed by atoms with Crippen molar-refractivity contribution in [1.29, 1.82) is 0 Å².